The van der Waals surface area contributed by atoms with Gasteiger partial charge in [-0.05, 0) is 43.9 Å². The average Bonchev–Trinajstić information content (AvgIpc) is 2.46. The predicted molar refractivity (Wildman–Crippen MR) is 82.5 cm³/mol. The minimum absolute atomic E-state index is 0.00143. The molecule has 2 rings (SSSR count). The third-order valence-electron chi connectivity index (χ3n) is 4.24. The maximum absolute atomic E-state index is 12.0. The molecule has 1 atom stereocenters. The first-order chi connectivity index (χ1) is 10.1. The van der Waals surface area contributed by atoms with Crippen LogP contribution in [0.4, 0.5) is 10.5 Å². The maximum Gasteiger partial charge on any atom is 0.319 e. The number of benzene rings is 1. The highest BCUT2D eigenvalue weighted by atomic mass is 16.5. The molecule has 1 saturated carbocycles. The minimum Gasteiger partial charge on any atom is -0.377 e. The lowest BCUT2D eigenvalue weighted by atomic mass is 9.80. The molecule has 0 aliphatic heterocycles. The lowest BCUT2D eigenvalue weighted by molar-refractivity contribution is -0.0671. The Labute approximate surface area is 126 Å². The molecule has 1 aliphatic rings. The molecular weight excluding hydrogens is 268 g/mol. The molecular formula is C16H24N2O3. The molecule has 1 aromatic rings. The number of hydrogen-bond acceptors (Lipinski definition) is 3. The standard InChI is InChI=1S/C16H24N2O3/c1-12(20-2)13-6-4-7-14(10-13)18-15(19)17-11-16(21-3)8-5-9-16/h4,6-7,10,12H,5,8-9,11H2,1-3H3,(H2,17,18,19)/t12-/m0/s1. The quantitative estimate of drug-likeness (QED) is 0.847. The summed E-state index contributed by atoms with van der Waals surface area (Å²) in [4.78, 5) is 12.0. The monoisotopic (exact) mass is 292 g/mol. The highest BCUT2D eigenvalue weighted by molar-refractivity contribution is 5.89. The number of carbonyl (C=O) groups is 1. The maximum atomic E-state index is 12.0. The van der Waals surface area contributed by atoms with Gasteiger partial charge in [-0.1, -0.05) is 12.1 Å². The number of rotatable bonds is 6. The molecule has 0 bridgehead atoms. The van der Waals surface area contributed by atoms with Crippen LogP contribution in [0.25, 0.3) is 0 Å². The Bertz CT molecular complexity index is 481. The fourth-order valence-corrected chi connectivity index (χ4v) is 2.45. The summed E-state index contributed by atoms with van der Waals surface area (Å²) in [6.07, 6.45) is 3.17. The third kappa shape index (κ3) is 3.95. The first kappa shape index (κ1) is 15.8. The van der Waals surface area contributed by atoms with Gasteiger partial charge in [-0.2, -0.15) is 0 Å². The Hall–Kier alpha value is -1.59. The summed E-state index contributed by atoms with van der Waals surface area (Å²) < 4.78 is 10.8. The topological polar surface area (TPSA) is 59.6 Å². The van der Waals surface area contributed by atoms with Gasteiger partial charge in [-0.25, -0.2) is 4.79 Å². The Balaban J connectivity index is 1.87. The first-order valence-corrected chi connectivity index (χ1v) is 7.31. The van der Waals surface area contributed by atoms with Gasteiger partial charge in [0.25, 0.3) is 0 Å². The van der Waals surface area contributed by atoms with Crippen LogP contribution in [0, 0.1) is 0 Å². The van der Waals surface area contributed by atoms with Gasteiger partial charge in [0.2, 0.25) is 0 Å². The van der Waals surface area contributed by atoms with E-state index in [0.29, 0.717) is 6.54 Å². The molecule has 1 aromatic carbocycles. The summed E-state index contributed by atoms with van der Waals surface area (Å²) in [5.74, 6) is 0. The largest absolute Gasteiger partial charge is 0.377 e. The molecule has 5 nitrogen and oxygen atoms in total. The smallest absolute Gasteiger partial charge is 0.319 e. The van der Waals surface area contributed by atoms with E-state index in [9.17, 15) is 4.79 Å². The van der Waals surface area contributed by atoms with Gasteiger partial charge in [0.15, 0.2) is 0 Å². The van der Waals surface area contributed by atoms with Crippen molar-refractivity contribution in [2.24, 2.45) is 0 Å². The summed E-state index contributed by atoms with van der Waals surface area (Å²) in [6, 6.07) is 7.46. The number of urea groups is 1. The molecule has 21 heavy (non-hydrogen) atoms. The average molecular weight is 292 g/mol. The number of methoxy groups -OCH3 is 2. The van der Waals surface area contributed by atoms with Gasteiger partial charge in [-0.15, -0.1) is 0 Å². The van der Waals surface area contributed by atoms with Crippen LogP contribution >= 0.6 is 0 Å². The van der Waals surface area contributed by atoms with Crippen LogP contribution in [-0.2, 0) is 9.47 Å². The van der Waals surface area contributed by atoms with Crippen molar-refractivity contribution < 1.29 is 14.3 Å². The highest BCUT2D eigenvalue weighted by Gasteiger charge is 2.37. The minimum atomic E-state index is -0.208. The molecule has 0 radical (unpaired) electrons. The van der Waals surface area contributed by atoms with Crippen LogP contribution in [0.3, 0.4) is 0 Å². The fraction of sp³-hybridized carbons (Fsp3) is 0.562. The fourth-order valence-electron chi connectivity index (χ4n) is 2.45. The van der Waals surface area contributed by atoms with E-state index in [1.54, 1.807) is 14.2 Å². The number of carbonyl (C=O) groups excluding carboxylic acids is 1. The zero-order valence-electron chi connectivity index (χ0n) is 12.9. The van der Waals surface area contributed by atoms with Crippen molar-refractivity contribution in [2.75, 3.05) is 26.1 Å². The number of nitrogens with one attached hydrogen (secondary N) is 2. The van der Waals surface area contributed by atoms with Crippen molar-refractivity contribution in [1.29, 1.82) is 0 Å². The second-order valence-corrected chi connectivity index (χ2v) is 5.55. The van der Waals surface area contributed by atoms with Crippen LogP contribution in [0.15, 0.2) is 24.3 Å². The second-order valence-electron chi connectivity index (χ2n) is 5.55. The molecule has 1 fully saturated rings. The number of hydrogen-bond donors (Lipinski definition) is 2. The van der Waals surface area contributed by atoms with Crippen LogP contribution < -0.4 is 10.6 Å². The Kier molecular flexibility index (Phi) is 5.20. The number of amides is 2. The SMILES string of the molecule is CO[C@@H](C)c1cccc(NC(=O)NCC2(OC)CCC2)c1. The molecule has 1 aliphatic carbocycles. The van der Waals surface area contributed by atoms with Crippen LogP contribution in [-0.4, -0.2) is 32.4 Å². The van der Waals surface area contributed by atoms with Crippen LogP contribution in [0.5, 0.6) is 0 Å². The summed E-state index contributed by atoms with van der Waals surface area (Å²) in [7, 11) is 3.37. The molecule has 5 heteroatoms. The molecule has 2 amide bonds. The number of anilines is 1. The van der Waals surface area contributed by atoms with Gasteiger partial charge in [0.05, 0.1) is 11.7 Å². The molecule has 0 unspecified atom stereocenters. The second kappa shape index (κ2) is 6.91. The summed E-state index contributed by atoms with van der Waals surface area (Å²) in [5, 5.41) is 5.73. The lowest BCUT2D eigenvalue weighted by Gasteiger charge is -2.40. The molecule has 2 N–H and O–H groups in total. The van der Waals surface area contributed by atoms with E-state index in [-0.39, 0.29) is 17.7 Å². The zero-order valence-corrected chi connectivity index (χ0v) is 12.9. The highest BCUT2D eigenvalue weighted by Crippen LogP contribution is 2.34. The van der Waals surface area contributed by atoms with Crippen molar-refractivity contribution in [3.8, 4) is 0 Å². The first-order valence-electron chi connectivity index (χ1n) is 7.31. The van der Waals surface area contributed by atoms with E-state index < -0.39 is 0 Å². The lowest BCUT2D eigenvalue weighted by Crippen LogP contribution is -2.50. The Morgan fingerprint density at radius 2 is 2.14 bits per heavy atom. The van der Waals surface area contributed by atoms with E-state index in [2.05, 4.69) is 10.6 Å². The van der Waals surface area contributed by atoms with E-state index in [4.69, 9.17) is 9.47 Å². The van der Waals surface area contributed by atoms with Crippen molar-refractivity contribution in [3.05, 3.63) is 29.8 Å². The van der Waals surface area contributed by atoms with Gasteiger partial charge in [-0.3, -0.25) is 0 Å². The molecule has 0 saturated heterocycles. The van der Waals surface area contributed by atoms with Gasteiger partial charge in [0.1, 0.15) is 0 Å². The predicted octanol–water partition coefficient (Wildman–Crippen LogP) is 3.08. The van der Waals surface area contributed by atoms with Gasteiger partial charge >= 0.3 is 6.03 Å². The van der Waals surface area contributed by atoms with E-state index in [0.717, 1.165) is 30.5 Å². The Morgan fingerprint density at radius 3 is 2.71 bits per heavy atom. The summed E-state index contributed by atoms with van der Waals surface area (Å²) >= 11 is 0. The normalized spacial score (nSPS) is 17.7. The van der Waals surface area contributed by atoms with E-state index >= 15 is 0 Å². The molecule has 116 valence electrons. The van der Waals surface area contributed by atoms with Crippen LogP contribution in [0.2, 0.25) is 0 Å². The van der Waals surface area contributed by atoms with Gasteiger partial charge in [0, 0.05) is 26.5 Å². The summed E-state index contributed by atoms with van der Waals surface area (Å²) in [5.41, 5.74) is 1.63. The van der Waals surface area contributed by atoms with Crippen LogP contribution in [0.1, 0.15) is 37.9 Å². The van der Waals surface area contributed by atoms with Crippen molar-refractivity contribution in [1.82, 2.24) is 5.32 Å². The van der Waals surface area contributed by atoms with Gasteiger partial charge < -0.3 is 20.1 Å². The zero-order chi connectivity index (χ0) is 15.3. The summed E-state index contributed by atoms with van der Waals surface area (Å²) in [6.45, 7) is 2.52. The van der Waals surface area contributed by atoms with E-state index in [1.165, 1.54) is 0 Å². The van der Waals surface area contributed by atoms with E-state index in [1.807, 2.05) is 31.2 Å². The van der Waals surface area contributed by atoms with Crippen molar-refractivity contribution in [2.45, 2.75) is 37.9 Å². The van der Waals surface area contributed by atoms with Crippen molar-refractivity contribution in [3.63, 3.8) is 0 Å². The number of ether oxygens (including phenoxy) is 2. The molecule has 0 spiro atoms. The molecule has 0 heterocycles. The third-order valence-corrected chi connectivity index (χ3v) is 4.24. The van der Waals surface area contributed by atoms with Crippen molar-refractivity contribution >= 4 is 11.7 Å². The molecule has 0 aromatic heterocycles. The Morgan fingerprint density at radius 1 is 1.38 bits per heavy atom.